The summed E-state index contributed by atoms with van der Waals surface area (Å²) in [6.07, 6.45) is 2.34. The maximum absolute atomic E-state index is 9.18. The van der Waals surface area contributed by atoms with E-state index in [2.05, 4.69) is 11.4 Å². The van der Waals surface area contributed by atoms with Gasteiger partial charge in [-0.2, -0.15) is 5.26 Å². The van der Waals surface area contributed by atoms with Crippen LogP contribution in [0.3, 0.4) is 0 Å². The standard InChI is InChI=1S/C13H14N2O2/c14-8-11(15-10-2-3-10)9-1-4-12-13(7-9)17-6-5-16-12/h1,4,7,10-11,15H,2-3,5-6H2. The third-order valence-corrected chi connectivity index (χ3v) is 3.01. The first kappa shape index (κ1) is 10.4. The molecule has 2 aliphatic rings. The lowest BCUT2D eigenvalue weighted by Crippen LogP contribution is -2.22. The number of benzene rings is 1. The fraction of sp³-hybridized carbons (Fsp3) is 0.462. The molecule has 88 valence electrons. The largest absolute Gasteiger partial charge is 0.486 e. The highest BCUT2D eigenvalue weighted by Crippen LogP contribution is 2.33. The molecule has 1 saturated carbocycles. The van der Waals surface area contributed by atoms with Crippen molar-refractivity contribution in [1.82, 2.24) is 5.32 Å². The molecular weight excluding hydrogens is 216 g/mol. The van der Waals surface area contributed by atoms with Gasteiger partial charge in [0.05, 0.1) is 6.07 Å². The van der Waals surface area contributed by atoms with E-state index < -0.39 is 0 Å². The van der Waals surface area contributed by atoms with Crippen LogP contribution < -0.4 is 14.8 Å². The summed E-state index contributed by atoms with van der Waals surface area (Å²) in [7, 11) is 0. The van der Waals surface area contributed by atoms with Gasteiger partial charge in [-0.05, 0) is 30.5 Å². The Morgan fingerprint density at radius 3 is 2.71 bits per heavy atom. The van der Waals surface area contributed by atoms with Gasteiger partial charge in [0.25, 0.3) is 0 Å². The summed E-state index contributed by atoms with van der Waals surface area (Å²) in [5.74, 6) is 1.51. The first-order chi connectivity index (χ1) is 8.36. The Morgan fingerprint density at radius 2 is 2.00 bits per heavy atom. The Hall–Kier alpha value is -1.73. The van der Waals surface area contributed by atoms with Gasteiger partial charge in [0.15, 0.2) is 11.5 Å². The van der Waals surface area contributed by atoms with E-state index in [9.17, 15) is 5.26 Å². The molecule has 1 heterocycles. The van der Waals surface area contributed by atoms with Crippen molar-refractivity contribution in [3.8, 4) is 17.6 Å². The number of hydrogen-bond donors (Lipinski definition) is 1. The Morgan fingerprint density at radius 1 is 1.24 bits per heavy atom. The fourth-order valence-electron chi connectivity index (χ4n) is 1.93. The molecular formula is C13H14N2O2. The molecule has 1 aromatic carbocycles. The Balaban J connectivity index is 1.83. The smallest absolute Gasteiger partial charge is 0.161 e. The second-order valence-electron chi connectivity index (χ2n) is 4.41. The van der Waals surface area contributed by atoms with Crippen molar-refractivity contribution in [2.75, 3.05) is 13.2 Å². The summed E-state index contributed by atoms with van der Waals surface area (Å²) in [4.78, 5) is 0. The quantitative estimate of drug-likeness (QED) is 0.859. The average Bonchev–Trinajstić information content (AvgIpc) is 3.19. The van der Waals surface area contributed by atoms with E-state index in [-0.39, 0.29) is 6.04 Å². The molecule has 0 bridgehead atoms. The van der Waals surface area contributed by atoms with E-state index in [1.807, 2.05) is 18.2 Å². The predicted molar refractivity (Wildman–Crippen MR) is 61.9 cm³/mol. The van der Waals surface area contributed by atoms with Crippen molar-refractivity contribution in [2.24, 2.45) is 0 Å². The van der Waals surface area contributed by atoms with Crippen LogP contribution in [-0.2, 0) is 0 Å². The van der Waals surface area contributed by atoms with Crippen LogP contribution in [0.25, 0.3) is 0 Å². The molecule has 0 amide bonds. The minimum absolute atomic E-state index is 0.252. The van der Waals surface area contributed by atoms with Crippen LogP contribution in [0.15, 0.2) is 18.2 Å². The molecule has 4 heteroatoms. The maximum atomic E-state index is 9.18. The van der Waals surface area contributed by atoms with Gasteiger partial charge in [0.2, 0.25) is 0 Å². The van der Waals surface area contributed by atoms with Crippen LogP contribution in [0.1, 0.15) is 24.4 Å². The van der Waals surface area contributed by atoms with E-state index >= 15 is 0 Å². The fourth-order valence-corrected chi connectivity index (χ4v) is 1.93. The molecule has 0 aromatic heterocycles. The molecule has 1 N–H and O–H groups in total. The number of nitrogens with zero attached hydrogens (tertiary/aromatic N) is 1. The first-order valence-corrected chi connectivity index (χ1v) is 5.92. The topological polar surface area (TPSA) is 54.3 Å². The van der Waals surface area contributed by atoms with Crippen LogP contribution >= 0.6 is 0 Å². The molecule has 3 rings (SSSR count). The van der Waals surface area contributed by atoms with Gasteiger partial charge in [0, 0.05) is 6.04 Å². The highest BCUT2D eigenvalue weighted by molar-refractivity contribution is 5.45. The number of ether oxygens (including phenoxy) is 2. The van der Waals surface area contributed by atoms with Crippen LogP contribution in [0, 0.1) is 11.3 Å². The van der Waals surface area contributed by atoms with E-state index in [1.54, 1.807) is 0 Å². The van der Waals surface area contributed by atoms with Crippen LogP contribution in [0.4, 0.5) is 0 Å². The number of hydrogen-bond acceptors (Lipinski definition) is 4. The molecule has 4 nitrogen and oxygen atoms in total. The van der Waals surface area contributed by atoms with E-state index in [0.717, 1.165) is 17.1 Å². The minimum Gasteiger partial charge on any atom is -0.486 e. The van der Waals surface area contributed by atoms with E-state index in [4.69, 9.17) is 9.47 Å². The number of nitrogens with one attached hydrogen (secondary N) is 1. The molecule has 0 saturated heterocycles. The normalized spacial score (nSPS) is 19.5. The molecule has 1 fully saturated rings. The van der Waals surface area contributed by atoms with Gasteiger partial charge in [-0.3, -0.25) is 5.32 Å². The summed E-state index contributed by atoms with van der Waals surface area (Å²) in [5.41, 5.74) is 0.948. The Labute approximate surface area is 100 Å². The van der Waals surface area contributed by atoms with Crippen molar-refractivity contribution in [3.63, 3.8) is 0 Å². The molecule has 0 radical (unpaired) electrons. The summed E-state index contributed by atoms with van der Waals surface area (Å²) in [6, 6.07) is 8.25. The van der Waals surface area contributed by atoms with Crippen molar-refractivity contribution in [3.05, 3.63) is 23.8 Å². The Kier molecular flexibility index (Phi) is 2.62. The zero-order valence-electron chi connectivity index (χ0n) is 9.48. The molecule has 1 aliphatic carbocycles. The molecule has 0 spiro atoms. The zero-order valence-corrected chi connectivity index (χ0v) is 9.48. The number of nitriles is 1. The van der Waals surface area contributed by atoms with Gasteiger partial charge < -0.3 is 9.47 Å². The molecule has 1 unspecified atom stereocenters. The van der Waals surface area contributed by atoms with Crippen molar-refractivity contribution in [2.45, 2.75) is 24.9 Å². The third kappa shape index (κ3) is 2.20. The second kappa shape index (κ2) is 4.27. The zero-order chi connectivity index (χ0) is 11.7. The molecule has 1 aromatic rings. The highest BCUT2D eigenvalue weighted by Gasteiger charge is 2.26. The predicted octanol–water partition coefficient (Wildman–Crippen LogP) is 1.77. The summed E-state index contributed by atoms with van der Waals surface area (Å²) in [5, 5.41) is 12.5. The van der Waals surface area contributed by atoms with Crippen molar-refractivity contribution in [1.29, 1.82) is 5.26 Å². The van der Waals surface area contributed by atoms with Crippen LogP contribution in [0.2, 0.25) is 0 Å². The lowest BCUT2D eigenvalue weighted by atomic mass is 10.1. The van der Waals surface area contributed by atoms with E-state index in [0.29, 0.717) is 19.3 Å². The molecule has 17 heavy (non-hydrogen) atoms. The summed E-state index contributed by atoms with van der Waals surface area (Å²) >= 11 is 0. The monoisotopic (exact) mass is 230 g/mol. The van der Waals surface area contributed by atoms with E-state index in [1.165, 1.54) is 12.8 Å². The van der Waals surface area contributed by atoms with Crippen LogP contribution in [-0.4, -0.2) is 19.3 Å². The van der Waals surface area contributed by atoms with Gasteiger partial charge >= 0.3 is 0 Å². The Bertz CT molecular complexity index is 463. The second-order valence-corrected chi connectivity index (χ2v) is 4.41. The first-order valence-electron chi connectivity index (χ1n) is 5.92. The molecule has 1 atom stereocenters. The highest BCUT2D eigenvalue weighted by atomic mass is 16.6. The average molecular weight is 230 g/mol. The summed E-state index contributed by atoms with van der Waals surface area (Å²) in [6.45, 7) is 1.16. The van der Waals surface area contributed by atoms with Crippen LogP contribution in [0.5, 0.6) is 11.5 Å². The van der Waals surface area contributed by atoms with Gasteiger partial charge in [-0.1, -0.05) is 6.07 Å². The van der Waals surface area contributed by atoms with Gasteiger partial charge in [-0.25, -0.2) is 0 Å². The lowest BCUT2D eigenvalue weighted by Gasteiger charge is -2.20. The SMILES string of the molecule is N#CC(NC1CC1)c1ccc2c(c1)OCCO2. The maximum Gasteiger partial charge on any atom is 0.161 e. The van der Waals surface area contributed by atoms with Gasteiger partial charge in [0.1, 0.15) is 19.3 Å². The third-order valence-electron chi connectivity index (χ3n) is 3.01. The number of rotatable bonds is 3. The lowest BCUT2D eigenvalue weighted by molar-refractivity contribution is 0.171. The minimum atomic E-state index is -0.252. The van der Waals surface area contributed by atoms with Crippen molar-refractivity contribution < 1.29 is 9.47 Å². The number of fused-ring (bicyclic) bond motifs is 1. The summed E-state index contributed by atoms with van der Waals surface area (Å²) < 4.78 is 11.0. The van der Waals surface area contributed by atoms with Gasteiger partial charge in [-0.15, -0.1) is 0 Å². The van der Waals surface area contributed by atoms with Crippen molar-refractivity contribution >= 4 is 0 Å². The molecule has 1 aliphatic heterocycles.